The van der Waals surface area contributed by atoms with Gasteiger partial charge in [-0.15, -0.1) is 11.3 Å². The van der Waals surface area contributed by atoms with Gasteiger partial charge < -0.3 is 15.3 Å². The summed E-state index contributed by atoms with van der Waals surface area (Å²) in [6.07, 6.45) is -7.84. The van der Waals surface area contributed by atoms with Crippen molar-refractivity contribution in [2.45, 2.75) is 50.9 Å². The van der Waals surface area contributed by atoms with E-state index in [4.69, 9.17) is 0 Å². The number of carbonyl (C=O) groups is 2. The number of carbonyl (C=O) groups excluding carboxylic acids is 1. The van der Waals surface area contributed by atoms with Crippen molar-refractivity contribution in [3.8, 4) is 10.4 Å². The molecule has 16 heteroatoms. The van der Waals surface area contributed by atoms with Gasteiger partial charge >= 0.3 is 63.5 Å². The van der Waals surface area contributed by atoms with E-state index in [9.17, 15) is 45.4 Å². The molecule has 7 nitrogen and oxygen atoms in total. The molecule has 0 radical (unpaired) electrons. The molecule has 0 spiro atoms. The number of hydrogen-bond acceptors (Lipinski definition) is 6. The molecule has 0 saturated carbocycles. The van der Waals surface area contributed by atoms with E-state index in [1.54, 1.807) is 0 Å². The number of hydrogen-bond donors (Lipinski definition) is 2. The van der Waals surface area contributed by atoms with Crippen molar-refractivity contribution in [1.29, 1.82) is 0 Å². The van der Waals surface area contributed by atoms with Gasteiger partial charge in [-0.05, 0) is 19.9 Å². The minimum atomic E-state index is -4.69. The number of carboxylic acids is 1. The summed E-state index contributed by atoms with van der Waals surface area (Å²) in [6, 6.07) is -2.41. The molecule has 0 unspecified atom stereocenters. The molecule has 0 bridgehead atoms. The fourth-order valence-corrected chi connectivity index (χ4v) is 4.31. The SMILES string of the molecule is C[C@H](Nc1cc(C(F)F)c(-c2sc(C(=O)O)nc2C(=O)N2CC(F)(F)C[C@@H]2C)cn1)C(F)(F)F.[KH]. The number of alkyl halides is 7. The summed E-state index contributed by atoms with van der Waals surface area (Å²) in [5.74, 6) is -6.41. The number of rotatable bonds is 6. The number of aromatic nitrogens is 2. The molecule has 3 heterocycles. The van der Waals surface area contributed by atoms with Crippen molar-refractivity contribution >= 4 is 80.4 Å². The molecule has 2 aromatic heterocycles. The van der Waals surface area contributed by atoms with Crippen LogP contribution in [0, 0.1) is 0 Å². The number of anilines is 1. The van der Waals surface area contributed by atoms with Gasteiger partial charge in [0.1, 0.15) is 17.6 Å². The fourth-order valence-electron chi connectivity index (χ4n) is 3.38. The third-order valence-electron chi connectivity index (χ3n) is 5.07. The van der Waals surface area contributed by atoms with E-state index in [1.165, 1.54) is 6.92 Å². The summed E-state index contributed by atoms with van der Waals surface area (Å²) in [6.45, 7) is 1.13. The summed E-state index contributed by atoms with van der Waals surface area (Å²) in [5.41, 5.74) is -1.94. The van der Waals surface area contributed by atoms with Crippen LogP contribution in [0.2, 0.25) is 0 Å². The van der Waals surface area contributed by atoms with Crippen LogP contribution in [-0.2, 0) is 0 Å². The Kier molecular flexibility index (Phi) is 9.36. The van der Waals surface area contributed by atoms with Gasteiger partial charge in [-0.2, -0.15) is 13.2 Å². The second-order valence-electron chi connectivity index (χ2n) is 7.71. The number of halogens is 7. The standard InChI is InChI=1S/C19H17F7N4O3S.K.H/c1-7-4-18(22,23)6-30(7)16(31)12-13(34-15(29-12)17(32)33)10-5-27-11(3-9(10)14(20)21)28-8(2)19(24,25)26;;/h3,5,7-8,14H,4,6H2,1-2H3,(H,27,28)(H,32,33);;/t7-,8-;;/m0../s1. The third-order valence-corrected chi connectivity index (χ3v) is 6.15. The molecule has 1 amide bonds. The Bertz CT molecular complexity index is 1110. The second kappa shape index (κ2) is 11.0. The van der Waals surface area contributed by atoms with Crippen molar-refractivity contribution in [2.24, 2.45) is 0 Å². The molecular weight excluding hydrogens is 536 g/mol. The zero-order valence-corrected chi connectivity index (χ0v) is 18.3. The molecule has 3 rings (SSSR count). The van der Waals surface area contributed by atoms with Crippen molar-refractivity contribution in [2.75, 3.05) is 11.9 Å². The molecule has 2 atom stereocenters. The number of aromatic carboxylic acids is 1. The molecule has 1 saturated heterocycles. The molecule has 1 aliphatic heterocycles. The molecule has 188 valence electrons. The molecule has 2 N–H and O–H groups in total. The monoisotopic (exact) mass is 554 g/mol. The zero-order valence-electron chi connectivity index (χ0n) is 17.5. The molecule has 2 aromatic rings. The minimum absolute atomic E-state index is 0. The van der Waals surface area contributed by atoms with E-state index < -0.39 is 83.1 Å². The zero-order chi connectivity index (χ0) is 25.6. The van der Waals surface area contributed by atoms with E-state index >= 15 is 0 Å². The third kappa shape index (κ3) is 6.71. The van der Waals surface area contributed by atoms with Crippen LogP contribution in [0.5, 0.6) is 0 Å². The average Bonchev–Trinajstić information content (AvgIpc) is 3.27. The van der Waals surface area contributed by atoms with E-state index in [0.717, 1.165) is 18.0 Å². The maximum absolute atomic E-state index is 13.8. The molecule has 35 heavy (non-hydrogen) atoms. The number of nitrogens with zero attached hydrogens (tertiary/aromatic N) is 3. The molecule has 0 aromatic carbocycles. The molecule has 1 aliphatic rings. The van der Waals surface area contributed by atoms with Crippen molar-refractivity contribution in [3.05, 3.63) is 28.5 Å². The average molecular weight is 555 g/mol. The van der Waals surface area contributed by atoms with Gasteiger partial charge in [0.15, 0.2) is 0 Å². The Hall–Kier alpha value is -1.33. The van der Waals surface area contributed by atoms with Crippen molar-refractivity contribution in [3.63, 3.8) is 0 Å². The van der Waals surface area contributed by atoms with Crippen LogP contribution in [-0.4, -0.2) is 114 Å². The van der Waals surface area contributed by atoms with Crippen molar-refractivity contribution < 1.29 is 45.4 Å². The van der Waals surface area contributed by atoms with Crippen LogP contribution in [0.1, 0.15) is 52.5 Å². The first-order valence-corrected chi connectivity index (χ1v) is 10.5. The Morgan fingerprint density at radius 2 is 1.94 bits per heavy atom. The number of carboxylic acid groups (broad SMARTS) is 1. The van der Waals surface area contributed by atoms with Gasteiger partial charge in [-0.25, -0.2) is 32.3 Å². The van der Waals surface area contributed by atoms with E-state index in [0.29, 0.717) is 17.4 Å². The second-order valence-corrected chi connectivity index (χ2v) is 8.71. The predicted octanol–water partition coefficient (Wildman–Crippen LogP) is 4.42. The number of likely N-dealkylation sites (tertiary alicyclic amines) is 1. The van der Waals surface area contributed by atoms with Gasteiger partial charge in [0.2, 0.25) is 5.01 Å². The van der Waals surface area contributed by atoms with Crippen LogP contribution < -0.4 is 5.32 Å². The van der Waals surface area contributed by atoms with Crippen LogP contribution in [0.15, 0.2) is 12.3 Å². The Morgan fingerprint density at radius 3 is 2.43 bits per heavy atom. The Labute approximate surface area is 240 Å². The van der Waals surface area contributed by atoms with Gasteiger partial charge in [0.25, 0.3) is 18.3 Å². The summed E-state index contributed by atoms with van der Waals surface area (Å²) >= 11 is 0.345. The molecule has 1 fully saturated rings. The Balaban J connectivity index is 0.00000432. The summed E-state index contributed by atoms with van der Waals surface area (Å²) in [4.78, 5) is 32.1. The normalized spacial score (nSPS) is 18.3. The fraction of sp³-hybridized carbons (Fsp3) is 0.474. The van der Waals surface area contributed by atoms with Gasteiger partial charge in [-0.3, -0.25) is 4.79 Å². The predicted molar refractivity (Wildman–Crippen MR) is 114 cm³/mol. The van der Waals surface area contributed by atoms with E-state index in [2.05, 4.69) is 9.97 Å². The van der Waals surface area contributed by atoms with Crippen LogP contribution in [0.3, 0.4) is 0 Å². The quantitative estimate of drug-likeness (QED) is 0.406. The molecule has 0 aliphatic carbocycles. The number of nitrogens with one attached hydrogen (secondary N) is 1. The van der Waals surface area contributed by atoms with E-state index in [-0.39, 0.29) is 56.3 Å². The number of amides is 1. The maximum atomic E-state index is 13.8. The first-order chi connectivity index (χ1) is 15.6. The summed E-state index contributed by atoms with van der Waals surface area (Å²) in [5, 5.41) is 10.6. The van der Waals surface area contributed by atoms with Gasteiger partial charge in [0, 0.05) is 29.8 Å². The summed E-state index contributed by atoms with van der Waals surface area (Å²) < 4.78 is 93.6. The number of pyridine rings is 1. The summed E-state index contributed by atoms with van der Waals surface area (Å²) in [7, 11) is 0. The topological polar surface area (TPSA) is 95.4 Å². The van der Waals surface area contributed by atoms with Gasteiger partial charge in [0.05, 0.1) is 11.4 Å². The van der Waals surface area contributed by atoms with Gasteiger partial charge in [-0.1, -0.05) is 0 Å². The first kappa shape index (κ1) is 29.9. The van der Waals surface area contributed by atoms with Crippen molar-refractivity contribution in [1.82, 2.24) is 14.9 Å². The Morgan fingerprint density at radius 1 is 1.31 bits per heavy atom. The van der Waals surface area contributed by atoms with Crippen LogP contribution in [0.4, 0.5) is 36.6 Å². The van der Waals surface area contributed by atoms with Crippen LogP contribution >= 0.6 is 11.3 Å². The first-order valence-electron chi connectivity index (χ1n) is 9.65. The molecular formula is C19H18F7KN4O3S. The number of thiazole rings is 1. The van der Waals surface area contributed by atoms with Crippen LogP contribution in [0.25, 0.3) is 10.4 Å². The van der Waals surface area contributed by atoms with E-state index in [1.807, 2.05) is 5.32 Å².